The fourth-order valence-corrected chi connectivity index (χ4v) is 3.03. The van der Waals surface area contributed by atoms with E-state index >= 15 is 0 Å². The number of nitrogens with one attached hydrogen (secondary N) is 1. The van der Waals surface area contributed by atoms with E-state index in [-0.39, 0.29) is 17.7 Å². The van der Waals surface area contributed by atoms with E-state index in [0.717, 1.165) is 14.6 Å². The zero-order chi connectivity index (χ0) is 19.7. The van der Waals surface area contributed by atoms with Crippen molar-refractivity contribution in [3.63, 3.8) is 0 Å². The summed E-state index contributed by atoms with van der Waals surface area (Å²) >= 11 is 3.39. The molecule has 3 rings (SSSR count). The first kappa shape index (κ1) is 18.8. The molecule has 1 aromatic carbocycles. The van der Waals surface area contributed by atoms with Crippen molar-refractivity contribution >= 4 is 38.7 Å². The van der Waals surface area contributed by atoms with E-state index in [0.29, 0.717) is 5.71 Å². The first-order valence-electron chi connectivity index (χ1n) is 7.99. The molecule has 9 nitrogen and oxygen atoms in total. The van der Waals surface area contributed by atoms with Crippen LogP contribution in [0.3, 0.4) is 0 Å². The molecule has 140 valence electrons. The Morgan fingerprint density at radius 1 is 1.26 bits per heavy atom. The summed E-state index contributed by atoms with van der Waals surface area (Å²) in [5.74, 6) is -0.417. The number of carbonyl (C=O) groups is 1. The lowest BCUT2D eigenvalue weighted by Crippen LogP contribution is -2.38. The number of aromatic nitrogens is 4. The molecular formula is C17H17BrN6O3. The number of hydrogen-bond donors (Lipinski definition) is 1. The summed E-state index contributed by atoms with van der Waals surface area (Å²) in [4.78, 5) is 40.6. The normalized spacial score (nSPS) is 11.8. The third kappa shape index (κ3) is 3.61. The summed E-state index contributed by atoms with van der Waals surface area (Å²) in [5, 5.41) is 4.09. The second kappa shape index (κ2) is 7.31. The van der Waals surface area contributed by atoms with Crippen LogP contribution in [0.4, 0.5) is 0 Å². The molecule has 1 amide bonds. The number of hydrazone groups is 1. The van der Waals surface area contributed by atoms with E-state index in [1.165, 1.54) is 29.6 Å². The molecule has 0 unspecified atom stereocenters. The fraction of sp³-hybridized carbons (Fsp3) is 0.235. The number of benzene rings is 1. The number of carbonyl (C=O) groups excluding carboxylic acids is 1. The van der Waals surface area contributed by atoms with Crippen LogP contribution in [0.25, 0.3) is 11.2 Å². The van der Waals surface area contributed by atoms with Gasteiger partial charge in [-0.05, 0) is 24.6 Å². The second-order valence-corrected chi connectivity index (χ2v) is 6.91. The van der Waals surface area contributed by atoms with Gasteiger partial charge in [0, 0.05) is 18.6 Å². The quantitative estimate of drug-likeness (QED) is 0.484. The van der Waals surface area contributed by atoms with Crippen LogP contribution in [-0.4, -0.2) is 30.3 Å². The highest BCUT2D eigenvalue weighted by atomic mass is 79.9. The maximum absolute atomic E-state index is 12.4. The molecule has 0 aliphatic heterocycles. The number of rotatable bonds is 4. The van der Waals surface area contributed by atoms with Gasteiger partial charge < -0.3 is 4.57 Å². The minimum absolute atomic E-state index is 0.154. The maximum atomic E-state index is 12.4. The Kier molecular flexibility index (Phi) is 5.08. The smallest absolute Gasteiger partial charge is 0.315 e. The van der Waals surface area contributed by atoms with Gasteiger partial charge >= 0.3 is 5.69 Å². The molecule has 2 heterocycles. The standard InChI is InChI=1S/C17H17BrN6O3/c1-10(11-5-4-6-12(18)7-11)20-21-13(25)8-24-9-19-15-14(24)16(26)23(3)17(27)22(15)2/h4-7,9H,8H2,1-3H3,(H,21,25)/b20-10+. The van der Waals surface area contributed by atoms with Gasteiger partial charge in [-0.15, -0.1) is 0 Å². The van der Waals surface area contributed by atoms with Gasteiger partial charge in [-0.1, -0.05) is 28.1 Å². The number of amides is 1. The zero-order valence-corrected chi connectivity index (χ0v) is 16.5. The lowest BCUT2D eigenvalue weighted by atomic mass is 10.1. The maximum Gasteiger partial charge on any atom is 0.332 e. The third-order valence-corrected chi connectivity index (χ3v) is 4.62. The van der Waals surface area contributed by atoms with E-state index < -0.39 is 17.2 Å². The molecule has 0 spiro atoms. The number of fused-ring (bicyclic) bond motifs is 1. The number of halogens is 1. The Labute approximate surface area is 162 Å². The third-order valence-electron chi connectivity index (χ3n) is 4.12. The topological polar surface area (TPSA) is 103 Å². The van der Waals surface area contributed by atoms with Crippen LogP contribution >= 0.6 is 15.9 Å². The highest BCUT2D eigenvalue weighted by molar-refractivity contribution is 9.10. The van der Waals surface area contributed by atoms with Crippen molar-refractivity contribution in [1.29, 1.82) is 0 Å². The molecule has 27 heavy (non-hydrogen) atoms. The molecular weight excluding hydrogens is 416 g/mol. The first-order valence-corrected chi connectivity index (χ1v) is 8.79. The molecule has 0 saturated carbocycles. The largest absolute Gasteiger partial charge is 0.332 e. The fourth-order valence-electron chi connectivity index (χ4n) is 2.63. The summed E-state index contributed by atoms with van der Waals surface area (Å²) in [7, 11) is 2.90. The van der Waals surface area contributed by atoms with Gasteiger partial charge in [0.1, 0.15) is 6.54 Å². The Morgan fingerprint density at radius 3 is 2.70 bits per heavy atom. The van der Waals surface area contributed by atoms with Crippen molar-refractivity contribution in [2.24, 2.45) is 19.2 Å². The molecule has 0 radical (unpaired) electrons. The first-order chi connectivity index (χ1) is 12.8. The van der Waals surface area contributed by atoms with Crippen LogP contribution in [-0.2, 0) is 25.4 Å². The molecule has 0 aliphatic rings. The van der Waals surface area contributed by atoms with Gasteiger partial charge in [-0.25, -0.2) is 15.2 Å². The van der Waals surface area contributed by atoms with Gasteiger partial charge in [0.2, 0.25) is 0 Å². The zero-order valence-electron chi connectivity index (χ0n) is 14.9. The summed E-state index contributed by atoms with van der Waals surface area (Å²) in [6, 6.07) is 7.53. The van der Waals surface area contributed by atoms with Crippen molar-refractivity contribution in [3.8, 4) is 0 Å². The van der Waals surface area contributed by atoms with Crippen molar-refractivity contribution in [3.05, 3.63) is 61.5 Å². The molecule has 0 atom stereocenters. The second-order valence-electron chi connectivity index (χ2n) is 5.99. The van der Waals surface area contributed by atoms with Crippen molar-refractivity contribution < 1.29 is 4.79 Å². The Bertz CT molecular complexity index is 1190. The molecule has 0 fully saturated rings. The van der Waals surface area contributed by atoms with Gasteiger partial charge in [-0.2, -0.15) is 5.10 Å². The minimum atomic E-state index is -0.507. The van der Waals surface area contributed by atoms with E-state index in [9.17, 15) is 14.4 Å². The molecule has 3 aromatic rings. The van der Waals surface area contributed by atoms with E-state index in [1.807, 2.05) is 24.3 Å². The Morgan fingerprint density at radius 2 is 2.00 bits per heavy atom. The monoisotopic (exact) mass is 432 g/mol. The van der Waals surface area contributed by atoms with Crippen molar-refractivity contribution in [2.75, 3.05) is 0 Å². The van der Waals surface area contributed by atoms with Crippen LogP contribution in [0.1, 0.15) is 12.5 Å². The summed E-state index contributed by atoms with van der Waals surface area (Å²) < 4.78 is 4.55. The highest BCUT2D eigenvalue weighted by Gasteiger charge is 2.15. The van der Waals surface area contributed by atoms with E-state index in [1.54, 1.807) is 6.92 Å². The highest BCUT2D eigenvalue weighted by Crippen LogP contribution is 2.12. The predicted molar refractivity (Wildman–Crippen MR) is 105 cm³/mol. The number of imidazole rings is 1. The number of hydrogen-bond acceptors (Lipinski definition) is 5. The summed E-state index contributed by atoms with van der Waals surface area (Å²) in [5.41, 5.74) is 3.40. The minimum Gasteiger partial charge on any atom is -0.315 e. The van der Waals surface area contributed by atoms with Gasteiger partial charge in [0.25, 0.3) is 11.5 Å². The number of aryl methyl sites for hydroxylation is 1. The summed E-state index contributed by atoms with van der Waals surface area (Å²) in [6.07, 6.45) is 1.36. The van der Waals surface area contributed by atoms with E-state index in [4.69, 9.17) is 0 Å². The Balaban J connectivity index is 1.84. The summed E-state index contributed by atoms with van der Waals surface area (Å²) in [6.45, 7) is 1.62. The van der Waals surface area contributed by atoms with Crippen molar-refractivity contribution in [1.82, 2.24) is 24.1 Å². The molecule has 10 heteroatoms. The molecule has 0 aliphatic carbocycles. The average Bonchev–Trinajstić information content (AvgIpc) is 3.06. The van der Waals surface area contributed by atoms with Crippen LogP contribution < -0.4 is 16.7 Å². The van der Waals surface area contributed by atoms with Gasteiger partial charge in [-0.3, -0.25) is 18.7 Å². The van der Waals surface area contributed by atoms with Crippen LogP contribution in [0.15, 0.2) is 49.8 Å². The van der Waals surface area contributed by atoms with Crippen molar-refractivity contribution in [2.45, 2.75) is 13.5 Å². The lowest BCUT2D eigenvalue weighted by molar-refractivity contribution is -0.121. The molecule has 0 bridgehead atoms. The molecule has 1 N–H and O–H groups in total. The van der Waals surface area contributed by atoms with E-state index in [2.05, 4.69) is 31.4 Å². The van der Waals surface area contributed by atoms with Gasteiger partial charge in [0.05, 0.1) is 12.0 Å². The average molecular weight is 433 g/mol. The van der Waals surface area contributed by atoms with Crippen LogP contribution in [0.5, 0.6) is 0 Å². The SMILES string of the molecule is C/C(=N\NC(=O)Cn1cnc2c1c(=O)n(C)c(=O)n2C)c1cccc(Br)c1. The Hall–Kier alpha value is -3.01. The lowest BCUT2D eigenvalue weighted by Gasteiger charge is -2.06. The van der Waals surface area contributed by atoms with Gasteiger partial charge in [0.15, 0.2) is 11.2 Å². The predicted octanol–water partition coefficient (Wildman–Crippen LogP) is 0.737. The van der Waals surface area contributed by atoms with Crippen LogP contribution in [0.2, 0.25) is 0 Å². The molecule has 2 aromatic heterocycles. The molecule has 0 saturated heterocycles. The number of nitrogens with zero attached hydrogens (tertiary/aromatic N) is 5. The van der Waals surface area contributed by atoms with Crippen LogP contribution in [0, 0.1) is 0 Å².